The van der Waals surface area contributed by atoms with Crippen LogP contribution in [0.2, 0.25) is 5.02 Å². The van der Waals surface area contributed by atoms with Crippen LogP contribution < -0.4 is 10.1 Å². The molecule has 6 heteroatoms. The second-order valence-electron chi connectivity index (χ2n) is 4.54. The predicted molar refractivity (Wildman–Crippen MR) is 78.8 cm³/mol. The van der Waals surface area contributed by atoms with Crippen molar-refractivity contribution in [1.82, 2.24) is 20.1 Å². The third kappa shape index (κ3) is 3.71. The van der Waals surface area contributed by atoms with Gasteiger partial charge in [-0.2, -0.15) is 0 Å². The van der Waals surface area contributed by atoms with Crippen molar-refractivity contribution < 1.29 is 4.74 Å². The van der Waals surface area contributed by atoms with Crippen molar-refractivity contribution in [3.63, 3.8) is 0 Å². The van der Waals surface area contributed by atoms with E-state index in [0.717, 1.165) is 30.1 Å². The minimum Gasteiger partial charge on any atom is -0.485 e. The number of benzene rings is 1. The Labute approximate surface area is 123 Å². The minimum atomic E-state index is 0.373. The summed E-state index contributed by atoms with van der Waals surface area (Å²) in [6.07, 6.45) is 2.74. The third-order valence-electron chi connectivity index (χ3n) is 2.97. The van der Waals surface area contributed by atoms with Crippen LogP contribution >= 0.6 is 11.6 Å². The number of hydrogen-bond acceptors (Lipinski definition) is 4. The van der Waals surface area contributed by atoms with E-state index in [4.69, 9.17) is 16.3 Å². The SMILES string of the molecule is CCCNCc1c(Cl)cccc1OCc1nncn1C. The van der Waals surface area contributed by atoms with Gasteiger partial charge in [-0.05, 0) is 25.1 Å². The highest BCUT2D eigenvalue weighted by atomic mass is 35.5. The second-order valence-corrected chi connectivity index (χ2v) is 4.95. The first kappa shape index (κ1) is 14.8. The van der Waals surface area contributed by atoms with Crippen LogP contribution in [-0.2, 0) is 20.2 Å². The molecule has 1 heterocycles. The lowest BCUT2D eigenvalue weighted by molar-refractivity contribution is 0.287. The Morgan fingerprint density at radius 1 is 1.40 bits per heavy atom. The summed E-state index contributed by atoms with van der Waals surface area (Å²) in [7, 11) is 1.89. The van der Waals surface area contributed by atoms with Crippen LogP contribution in [0.4, 0.5) is 0 Å². The van der Waals surface area contributed by atoms with Crippen molar-refractivity contribution >= 4 is 11.6 Å². The van der Waals surface area contributed by atoms with E-state index in [1.54, 1.807) is 6.33 Å². The fraction of sp³-hybridized carbons (Fsp3) is 0.429. The van der Waals surface area contributed by atoms with Crippen LogP contribution in [0.5, 0.6) is 5.75 Å². The molecule has 0 atom stereocenters. The van der Waals surface area contributed by atoms with Gasteiger partial charge in [-0.15, -0.1) is 10.2 Å². The number of rotatable bonds is 7. The average molecular weight is 295 g/mol. The predicted octanol–water partition coefficient (Wildman–Crippen LogP) is 2.55. The van der Waals surface area contributed by atoms with Gasteiger partial charge in [-0.1, -0.05) is 24.6 Å². The van der Waals surface area contributed by atoms with E-state index < -0.39 is 0 Å². The molecule has 0 unspecified atom stereocenters. The van der Waals surface area contributed by atoms with Crippen LogP contribution in [0, 0.1) is 0 Å². The highest BCUT2D eigenvalue weighted by Crippen LogP contribution is 2.26. The molecule has 2 rings (SSSR count). The zero-order chi connectivity index (χ0) is 14.4. The number of nitrogens with zero attached hydrogens (tertiary/aromatic N) is 3. The van der Waals surface area contributed by atoms with E-state index >= 15 is 0 Å². The van der Waals surface area contributed by atoms with E-state index in [1.807, 2.05) is 29.8 Å². The monoisotopic (exact) mass is 294 g/mol. The molecule has 0 spiro atoms. The van der Waals surface area contributed by atoms with Crippen molar-refractivity contribution in [3.05, 3.63) is 40.9 Å². The summed E-state index contributed by atoms with van der Waals surface area (Å²) in [6.45, 7) is 4.15. The summed E-state index contributed by atoms with van der Waals surface area (Å²) in [4.78, 5) is 0. The van der Waals surface area contributed by atoms with Crippen molar-refractivity contribution in [1.29, 1.82) is 0 Å². The van der Waals surface area contributed by atoms with E-state index in [9.17, 15) is 0 Å². The molecule has 0 radical (unpaired) electrons. The van der Waals surface area contributed by atoms with Gasteiger partial charge in [0.05, 0.1) is 0 Å². The molecule has 20 heavy (non-hydrogen) atoms. The zero-order valence-corrected chi connectivity index (χ0v) is 12.5. The highest BCUT2D eigenvalue weighted by Gasteiger charge is 2.09. The Kier molecular flexibility index (Phi) is 5.38. The van der Waals surface area contributed by atoms with E-state index in [1.165, 1.54) is 0 Å². The Hall–Kier alpha value is -1.59. The fourth-order valence-electron chi connectivity index (χ4n) is 1.82. The van der Waals surface area contributed by atoms with Gasteiger partial charge in [0.2, 0.25) is 0 Å². The van der Waals surface area contributed by atoms with Gasteiger partial charge in [0.25, 0.3) is 0 Å². The molecule has 0 saturated heterocycles. The van der Waals surface area contributed by atoms with Gasteiger partial charge >= 0.3 is 0 Å². The summed E-state index contributed by atoms with van der Waals surface area (Å²) < 4.78 is 7.66. The maximum Gasteiger partial charge on any atom is 0.170 e. The van der Waals surface area contributed by atoms with Gasteiger partial charge in [-0.3, -0.25) is 0 Å². The summed E-state index contributed by atoms with van der Waals surface area (Å²) in [5, 5.41) is 11.9. The standard InChI is InChI=1S/C14H19ClN4O/c1-3-7-16-8-11-12(15)5-4-6-13(11)20-9-14-18-17-10-19(14)2/h4-6,10,16H,3,7-9H2,1-2H3. The molecule has 5 nitrogen and oxygen atoms in total. The first-order valence-electron chi connectivity index (χ1n) is 6.66. The van der Waals surface area contributed by atoms with Gasteiger partial charge in [-0.25, -0.2) is 0 Å². The minimum absolute atomic E-state index is 0.373. The van der Waals surface area contributed by atoms with E-state index in [-0.39, 0.29) is 0 Å². The number of aryl methyl sites for hydroxylation is 1. The molecule has 0 bridgehead atoms. The van der Waals surface area contributed by atoms with Crippen LogP contribution in [0.15, 0.2) is 24.5 Å². The average Bonchev–Trinajstić information content (AvgIpc) is 2.84. The number of nitrogens with one attached hydrogen (secondary N) is 1. The van der Waals surface area contributed by atoms with E-state index in [2.05, 4.69) is 22.4 Å². The second kappa shape index (κ2) is 7.26. The molecule has 0 aliphatic carbocycles. The van der Waals surface area contributed by atoms with Crippen molar-refractivity contribution in [3.8, 4) is 5.75 Å². The maximum atomic E-state index is 6.25. The van der Waals surface area contributed by atoms with Crippen molar-refractivity contribution in [2.45, 2.75) is 26.5 Å². The molecule has 108 valence electrons. The lowest BCUT2D eigenvalue weighted by Gasteiger charge is -2.13. The number of hydrogen-bond donors (Lipinski definition) is 1. The zero-order valence-electron chi connectivity index (χ0n) is 11.8. The largest absolute Gasteiger partial charge is 0.485 e. The van der Waals surface area contributed by atoms with Gasteiger partial charge in [0, 0.05) is 24.2 Å². The maximum absolute atomic E-state index is 6.25. The van der Waals surface area contributed by atoms with Gasteiger partial charge < -0.3 is 14.6 Å². The summed E-state index contributed by atoms with van der Waals surface area (Å²) in [5.41, 5.74) is 0.977. The lowest BCUT2D eigenvalue weighted by atomic mass is 10.2. The molecule has 1 aromatic carbocycles. The van der Waals surface area contributed by atoms with E-state index in [0.29, 0.717) is 18.2 Å². The molecular weight excluding hydrogens is 276 g/mol. The smallest absolute Gasteiger partial charge is 0.170 e. The molecular formula is C14H19ClN4O. The molecule has 1 N–H and O–H groups in total. The molecule has 1 aromatic heterocycles. The van der Waals surface area contributed by atoms with Gasteiger partial charge in [0.15, 0.2) is 5.82 Å². The Morgan fingerprint density at radius 2 is 2.25 bits per heavy atom. The van der Waals surface area contributed by atoms with Crippen LogP contribution in [0.1, 0.15) is 24.7 Å². The Bertz CT molecular complexity index is 556. The summed E-state index contributed by atoms with van der Waals surface area (Å²) in [5.74, 6) is 1.56. The van der Waals surface area contributed by atoms with Crippen LogP contribution in [0.3, 0.4) is 0 Å². The molecule has 0 aliphatic heterocycles. The third-order valence-corrected chi connectivity index (χ3v) is 3.32. The van der Waals surface area contributed by atoms with Crippen LogP contribution in [0.25, 0.3) is 0 Å². The number of halogens is 1. The van der Waals surface area contributed by atoms with Crippen molar-refractivity contribution in [2.24, 2.45) is 7.05 Å². The molecule has 0 amide bonds. The molecule has 0 saturated carbocycles. The first-order chi connectivity index (χ1) is 9.72. The number of ether oxygens (including phenoxy) is 1. The number of aromatic nitrogens is 3. The van der Waals surface area contributed by atoms with Gasteiger partial charge in [0.1, 0.15) is 18.7 Å². The first-order valence-corrected chi connectivity index (χ1v) is 7.04. The normalized spacial score (nSPS) is 10.8. The Balaban J connectivity index is 2.06. The molecule has 0 fully saturated rings. The van der Waals surface area contributed by atoms with Crippen LogP contribution in [-0.4, -0.2) is 21.3 Å². The topological polar surface area (TPSA) is 52.0 Å². The molecule has 0 aliphatic rings. The van der Waals surface area contributed by atoms with Crippen molar-refractivity contribution in [2.75, 3.05) is 6.54 Å². The fourth-order valence-corrected chi connectivity index (χ4v) is 2.05. The molecule has 2 aromatic rings. The summed E-state index contributed by atoms with van der Waals surface area (Å²) in [6, 6.07) is 5.68. The highest BCUT2D eigenvalue weighted by molar-refractivity contribution is 6.31. The summed E-state index contributed by atoms with van der Waals surface area (Å²) >= 11 is 6.25. The lowest BCUT2D eigenvalue weighted by Crippen LogP contribution is -2.15. The Morgan fingerprint density at radius 3 is 2.95 bits per heavy atom. The quantitative estimate of drug-likeness (QED) is 0.797.